The van der Waals surface area contributed by atoms with Crippen LogP contribution in [0.25, 0.3) is 0 Å². The molecule has 5 nitrogen and oxygen atoms in total. The lowest BCUT2D eigenvalue weighted by atomic mass is 9.85. The van der Waals surface area contributed by atoms with Gasteiger partial charge in [-0.2, -0.15) is 5.10 Å². The summed E-state index contributed by atoms with van der Waals surface area (Å²) >= 11 is 0. The van der Waals surface area contributed by atoms with E-state index in [1.165, 1.54) is 0 Å². The third kappa shape index (κ3) is 3.82. The standard InChI is InChI=1S/C15H25N3O2/c1-11-9-12(2)18(17-11)8-7-15(20)16-14-6-4-3-5-13(14)10-19/h9,13-14,19H,3-8,10H2,1-2H3,(H,16,20). The maximum atomic E-state index is 12.0. The summed E-state index contributed by atoms with van der Waals surface area (Å²) in [5, 5.41) is 16.8. The fraction of sp³-hybridized carbons (Fsp3) is 0.733. The first-order valence-corrected chi connectivity index (χ1v) is 7.51. The van der Waals surface area contributed by atoms with Crippen LogP contribution in [0.5, 0.6) is 0 Å². The van der Waals surface area contributed by atoms with Crippen LogP contribution in [0.4, 0.5) is 0 Å². The van der Waals surface area contributed by atoms with Gasteiger partial charge in [0, 0.05) is 37.2 Å². The van der Waals surface area contributed by atoms with Crippen molar-refractivity contribution in [1.82, 2.24) is 15.1 Å². The average molecular weight is 279 g/mol. The number of aryl methyl sites for hydroxylation is 3. The summed E-state index contributed by atoms with van der Waals surface area (Å²) in [6, 6.07) is 2.16. The van der Waals surface area contributed by atoms with Crippen molar-refractivity contribution in [2.45, 2.75) is 58.5 Å². The number of aromatic nitrogens is 2. The molecule has 1 aliphatic rings. The fourth-order valence-electron chi connectivity index (χ4n) is 3.00. The van der Waals surface area contributed by atoms with E-state index in [0.717, 1.165) is 37.1 Å². The van der Waals surface area contributed by atoms with Gasteiger partial charge in [0.1, 0.15) is 0 Å². The average Bonchev–Trinajstić information content (AvgIpc) is 2.75. The highest BCUT2D eigenvalue weighted by molar-refractivity contribution is 5.76. The van der Waals surface area contributed by atoms with Crippen LogP contribution < -0.4 is 5.32 Å². The normalized spacial score (nSPS) is 22.8. The molecule has 1 aliphatic carbocycles. The van der Waals surface area contributed by atoms with Gasteiger partial charge in [0.05, 0.1) is 5.69 Å². The largest absolute Gasteiger partial charge is 0.396 e. The number of aliphatic hydroxyl groups is 1. The molecule has 2 rings (SSSR count). The van der Waals surface area contributed by atoms with Gasteiger partial charge in [-0.05, 0) is 32.8 Å². The highest BCUT2D eigenvalue weighted by atomic mass is 16.3. The van der Waals surface area contributed by atoms with E-state index in [2.05, 4.69) is 10.4 Å². The Balaban J connectivity index is 1.81. The molecule has 1 saturated carbocycles. The highest BCUT2D eigenvalue weighted by Crippen LogP contribution is 2.23. The highest BCUT2D eigenvalue weighted by Gasteiger charge is 2.25. The van der Waals surface area contributed by atoms with Crippen molar-refractivity contribution >= 4 is 5.91 Å². The molecule has 0 radical (unpaired) electrons. The van der Waals surface area contributed by atoms with Crippen LogP contribution in [0, 0.1) is 19.8 Å². The molecular formula is C15H25N3O2. The smallest absolute Gasteiger partial charge is 0.222 e. The van der Waals surface area contributed by atoms with Gasteiger partial charge in [0.25, 0.3) is 0 Å². The SMILES string of the molecule is Cc1cc(C)n(CCC(=O)NC2CCCCC2CO)n1. The van der Waals surface area contributed by atoms with E-state index >= 15 is 0 Å². The monoisotopic (exact) mass is 279 g/mol. The van der Waals surface area contributed by atoms with Crippen LogP contribution in [0.15, 0.2) is 6.07 Å². The maximum Gasteiger partial charge on any atom is 0.222 e. The van der Waals surface area contributed by atoms with Crippen molar-refractivity contribution in [2.24, 2.45) is 5.92 Å². The van der Waals surface area contributed by atoms with Crippen LogP contribution in [0.2, 0.25) is 0 Å². The summed E-state index contributed by atoms with van der Waals surface area (Å²) in [6.07, 6.45) is 4.73. The number of nitrogens with one attached hydrogen (secondary N) is 1. The Morgan fingerprint density at radius 2 is 2.20 bits per heavy atom. The Kier molecular flexibility index (Phi) is 5.17. The topological polar surface area (TPSA) is 67.2 Å². The summed E-state index contributed by atoms with van der Waals surface area (Å²) < 4.78 is 1.87. The lowest BCUT2D eigenvalue weighted by Crippen LogP contribution is -2.43. The predicted octanol–water partition coefficient (Wildman–Crippen LogP) is 1.56. The summed E-state index contributed by atoms with van der Waals surface area (Å²) in [5.74, 6) is 0.282. The van der Waals surface area contributed by atoms with Gasteiger partial charge in [0.2, 0.25) is 5.91 Å². The van der Waals surface area contributed by atoms with Crippen LogP contribution in [0.3, 0.4) is 0 Å². The van der Waals surface area contributed by atoms with E-state index in [-0.39, 0.29) is 24.5 Å². The zero-order chi connectivity index (χ0) is 14.5. The van der Waals surface area contributed by atoms with Gasteiger partial charge < -0.3 is 10.4 Å². The van der Waals surface area contributed by atoms with Crippen molar-refractivity contribution in [3.05, 3.63) is 17.5 Å². The Hall–Kier alpha value is -1.36. The minimum atomic E-state index is 0.0582. The molecule has 112 valence electrons. The molecule has 2 N–H and O–H groups in total. The number of hydrogen-bond acceptors (Lipinski definition) is 3. The summed E-state index contributed by atoms with van der Waals surface area (Å²) in [5.41, 5.74) is 2.07. The number of amides is 1. The number of rotatable bonds is 5. The number of carbonyl (C=O) groups is 1. The Bertz CT molecular complexity index is 456. The quantitative estimate of drug-likeness (QED) is 0.859. The van der Waals surface area contributed by atoms with Crippen molar-refractivity contribution in [3.8, 4) is 0 Å². The Labute approximate surface area is 120 Å². The first kappa shape index (κ1) is 15.0. The van der Waals surface area contributed by atoms with Crippen molar-refractivity contribution < 1.29 is 9.90 Å². The van der Waals surface area contributed by atoms with Crippen molar-refractivity contribution in [2.75, 3.05) is 6.61 Å². The first-order valence-electron chi connectivity index (χ1n) is 7.51. The van der Waals surface area contributed by atoms with Gasteiger partial charge in [-0.3, -0.25) is 9.48 Å². The van der Waals surface area contributed by atoms with E-state index in [0.29, 0.717) is 13.0 Å². The van der Waals surface area contributed by atoms with Gasteiger partial charge in [-0.1, -0.05) is 12.8 Å². The lowest BCUT2D eigenvalue weighted by molar-refractivity contribution is -0.122. The molecule has 0 bridgehead atoms. The molecule has 0 aliphatic heterocycles. The Morgan fingerprint density at radius 1 is 1.45 bits per heavy atom. The van der Waals surface area contributed by atoms with Gasteiger partial charge >= 0.3 is 0 Å². The maximum absolute atomic E-state index is 12.0. The van der Waals surface area contributed by atoms with E-state index in [1.807, 2.05) is 24.6 Å². The number of carbonyl (C=O) groups excluding carboxylic acids is 1. The summed E-state index contributed by atoms with van der Waals surface area (Å²) in [7, 11) is 0. The molecule has 1 aromatic heterocycles. The van der Waals surface area contributed by atoms with Gasteiger partial charge in [-0.15, -0.1) is 0 Å². The van der Waals surface area contributed by atoms with E-state index in [1.54, 1.807) is 0 Å². The third-order valence-corrected chi connectivity index (χ3v) is 4.14. The molecule has 2 unspecified atom stereocenters. The summed E-state index contributed by atoms with van der Waals surface area (Å²) in [4.78, 5) is 12.0. The molecule has 1 fully saturated rings. The molecule has 5 heteroatoms. The van der Waals surface area contributed by atoms with E-state index in [9.17, 15) is 9.90 Å². The predicted molar refractivity (Wildman–Crippen MR) is 77.3 cm³/mol. The molecule has 0 spiro atoms. The lowest BCUT2D eigenvalue weighted by Gasteiger charge is -2.30. The van der Waals surface area contributed by atoms with Crippen molar-refractivity contribution in [1.29, 1.82) is 0 Å². The second-order valence-corrected chi connectivity index (χ2v) is 5.80. The number of hydrogen-bond donors (Lipinski definition) is 2. The first-order chi connectivity index (χ1) is 9.60. The molecular weight excluding hydrogens is 254 g/mol. The fourth-order valence-corrected chi connectivity index (χ4v) is 3.00. The van der Waals surface area contributed by atoms with Crippen LogP contribution in [-0.2, 0) is 11.3 Å². The molecule has 1 amide bonds. The van der Waals surface area contributed by atoms with Gasteiger partial charge in [0.15, 0.2) is 0 Å². The zero-order valence-corrected chi connectivity index (χ0v) is 12.4. The molecule has 1 heterocycles. The van der Waals surface area contributed by atoms with E-state index in [4.69, 9.17) is 0 Å². The molecule has 0 aromatic carbocycles. The third-order valence-electron chi connectivity index (χ3n) is 4.14. The molecule has 1 aromatic rings. The summed E-state index contributed by atoms with van der Waals surface area (Å²) in [6.45, 7) is 4.74. The Morgan fingerprint density at radius 3 is 2.85 bits per heavy atom. The molecule has 2 atom stereocenters. The van der Waals surface area contributed by atoms with E-state index < -0.39 is 0 Å². The number of aliphatic hydroxyl groups excluding tert-OH is 1. The second kappa shape index (κ2) is 6.88. The van der Waals surface area contributed by atoms with Crippen molar-refractivity contribution in [3.63, 3.8) is 0 Å². The second-order valence-electron chi connectivity index (χ2n) is 5.80. The molecule has 0 saturated heterocycles. The van der Waals surface area contributed by atoms with Crippen LogP contribution in [0.1, 0.15) is 43.5 Å². The van der Waals surface area contributed by atoms with Crippen LogP contribution in [-0.4, -0.2) is 33.4 Å². The minimum absolute atomic E-state index is 0.0582. The number of nitrogens with zero attached hydrogens (tertiary/aromatic N) is 2. The molecule has 20 heavy (non-hydrogen) atoms. The minimum Gasteiger partial charge on any atom is -0.396 e. The van der Waals surface area contributed by atoms with Gasteiger partial charge in [-0.25, -0.2) is 0 Å². The zero-order valence-electron chi connectivity index (χ0n) is 12.4. The van der Waals surface area contributed by atoms with Crippen LogP contribution >= 0.6 is 0 Å².